The van der Waals surface area contributed by atoms with E-state index in [0.717, 1.165) is 18.0 Å². The van der Waals surface area contributed by atoms with E-state index in [1.54, 1.807) is 0 Å². The van der Waals surface area contributed by atoms with E-state index < -0.39 is 0 Å². The summed E-state index contributed by atoms with van der Waals surface area (Å²) < 4.78 is 2.03. The smallest absolute Gasteiger partial charge is 0.0640 e. The van der Waals surface area contributed by atoms with Crippen LogP contribution in [0.2, 0.25) is 0 Å². The van der Waals surface area contributed by atoms with Crippen LogP contribution in [0.4, 0.5) is 0 Å². The van der Waals surface area contributed by atoms with Gasteiger partial charge in [0.25, 0.3) is 0 Å². The Morgan fingerprint density at radius 2 is 1.90 bits per heavy atom. The maximum Gasteiger partial charge on any atom is 0.0640 e. The average Bonchev–Trinajstić information content (AvgIpc) is 2.98. The molecule has 0 aromatic carbocycles. The number of hydrogen-bond donors (Lipinski definition) is 1. The quantitative estimate of drug-likeness (QED) is 0.856. The highest BCUT2D eigenvalue weighted by Crippen LogP contribution is 2.45. The van der Waals surface area contributed by atoms with Crippen LogP contribution in [-0.4, -0.2) is 15.8 Å². The Balaban J connectivity index is 2.06. The summed E-state index contributed by atoms with van der Waals surface area (Å²) in [6, 6.07) is 2.82. The highest BCUT2D eigenvalue weighted by molar-refractivity contribution is 5.06. The molecule has 1 fully saturated rings. The summed E-state index contributed by atoms with van der Waals surface area (Å²) in [6.07, 6.45) is 9.57. The van der Waals surface area contributed by atoms with Crippen molar-refractivity contribution >= 4 is 0 Å². The van der Waals surface area contributed by atoms with Gasteiger partial charge in [-0.3, -0.25) is 4.68 Å². The first-order valence-electron chi connectivity index (χ1n) is 8.22. The third kappa shape index (κ3) is 3.43. The summed E-state index contributed by atoms with van der Waals surface area (Å²) in [5.41, 5.74) is 8.14. The molecule has 3 heteroatoms. The van der Waals surface area contributed by atoms with E-state index >= 15 is 0 Å². The number of hydrogen-bond acceptors (Lipinski definition) is 2. The Morgan fingerprint density at radius 1 is 1.25 bits per heavy atom. The van der Waals surface area contributed by atoms with Crippen molar-refractivity contribution in [3.63, 3.8) is 0 Å². The van der Waals surface area contributed by atoms with E-state index in [-0.39, 0.29) is 6.04 Å². The topological polar surface area (TPSA) is 43.8 Å². The average molecular weight is 277 g/mol. The maximum absolute atomic E-state index is 6.63. The third-order valence-electron chi connectivity index (χ3n) is 4.82. The van der Waals surface area contributed by atoms with Crippen LogP contribution in [0.5, 0.6) is 0 Å². The molecule has 1 aromatic heterocycles. The van der Waals surface area contributed by atoms with Crippen LogP contribution in [-0.2, 0) is 6.42 Å². The molecule has 0 bridgehead atoms. The second-order valence-electron chi connectivity index (χ2n) is 7.36. The second-order valence-corrected chi connectivity index (χ2v) is 7.36. The first kappa shape index (κ1) is 15.6. The van der Waals surface area contributed by atoms with Crippen molar-refractivity contribution in [3.8, 4) is 0 Å². The molecule has 0 aliphatic heterocycles. The predicted molar refractivity (Wildman–Crippen MR) is 84.6 cm³/mol. The van der Waals surface area contributed by atoms with Gasteiger partial charge in [0.1, 0.15) is 0 Å². The normalized spacial score (nSPS) is 19.9. The molecule has 3 nitrogen and oxygen atoms in total. The third-order valence-corrected chi connectivity index (χ3v) is 4.82. The molecule has 1 heterocycles. The fourth-order valence-electron chi connectivity index (χ4n) is 3.83. The Morgan fingerprint density at radius 3 is 2.40 bits per heavy atom. The number of rotatable bonds is 6. The van der Waals surface area contributed by atoms with E-state index in [1.165, 1.54) is 32.1 Å². The van der Waals surface area contributed by atoms with Gasteiger partial charge in [0.15, 0.2) is 0 Å². The summed E-state index contributed by atoms with van der Waals surface area (Å²) in [6.45, 7) is 8.96. The Kier molecular flexibility index (Phi) is 4.90. The molecular formula is C17H31N3. The number of aromatic nitrogens is 2. The van der Waals surface area contributed by atoms with Crippen LogP contribution in [0.3, 0.4) is 0 Å². The zero-order valence-corrected chi connectivity index (χ0v) is 13.6. The van der Waals surface area contributed by atoms with Crippen molar-refractivity contribution in [2.75, 3.05) is 0 Å². The zero-order valence-electron chi connectivity index (χ0n) is 13.6. The maximum atomic E-state index is 6.63. The highest BCUT2D eigenvalue weighted by Gasteiger charge is 2.39. The molecule has 0 amide bonds. The lowest BCUT2D eigenvalue weighted by Crippen LogP contribution is -2.42. The van der Waals surface area contributed by atoms with E-state index in [0.29, 0.717) is 11.5 Å². The molecule has 1 saturated carbocycles. The van der Waals surface area contributed by atoms with Gasteiger partial charge >= 0.3 is 0 Å². The Hall–Kier alpha value is -0.830. The van der Waals surface area contributed by atoms with Gasteiger partial charge in [-0.2, -0.15) is 5.10 Å². The standard InChI is InChI=1S/C17H31N3/c1-13(2)12-17(8-5-6-9-17)16(18)11-15-7-10-20(19-15)14(3)4/h7,10,13-14,16H,5-6,8-9,11-12,18H2,1-4H3. The highest BCUT2D eigenvalue weighted by atomic mass is 15.3. The van der Waals surface area contributed by atoms with Crippen LogP contribution >= 0.6 is 0 Å². The van der Waals surface area contributed by atoms with Crippen LogP contribution in [0, 0.1) is 11.3 Å². The van der Waals surface area contributed by atoms with Gasteiger partial charge in [0.2, 0.25) is 0 Å². The summed E-state index contributed by atoms with van der Waals surface area (Å²) in [5.74, 6) is 0.729. The largest absolute Gasteiger partial charge is 0.327 e. The van der Waals surface area contributed by atoms with Crippen LogP contribution in [0.15, 0.2) is 12.3 Å². The van der Waals surface area contributed by atoms with Crippen molar-refractivity contribution in [1.29, 1.82) is 0 Å². The first-order valence-corrected chi connectivity index (χ1v) is 8.22. The molecule has 0 spiro atoms. The van der Waals surface area contributed by atoms with E-state index in [1.807, 2.05) is 4.68 Å². The zero-order chi connectivity index (χ0) is 14.8. The minimum Gasteiger partial charge on any atom is -0.327 e. The molecule has 1 aromatic rings. The van der Waals surface area contributed by atoms with Crippen LogP contribution in [0.25, 0.3) is 0 Å². The number of nitrogens with two attached hydrogens (primary N) is 1. The van der Waals surface area contributed by atoms with Crippen molar-refractivity contribution < 1.29 is 0 Å². The fraction of sp³-hybridized carbons (Fsp3) is 0.824. The summed E-state index contributed by atoms with van der Waals surface area (Å²) in [7, 11) is 0. The van der Waals surface area contributed by atoms with Gasteiger partial charge < -0.3 is 5.73 Å². The summed E-state index contributed by atoms with van der Waals surface area (Å²) in [4.78, 5) is 0. The van der Waals surface area contributed by atoms with Gasteiger partial charge in [-0.25, -0.2) is 0 Å². The molecule has 0 radical (unpaired) electrons. The van der Waals surface area contributed by atoms with E-state index in [2.05, 4.69) is 45.1 Å². The van der Waals surface area contributed by atoms with Gasteiger partial charge in [0.05, 0.1) is 5.69 Å². The van der Waals surface area contributed by atoms with Crippen molar-refractivity contribution in [2.45, 2.75) is 78.3 Å². The van der Waals surface area contributed by atoms with Gasteiger partial charge in [-0.15, -0.1) is 0 Å². The fourth-order valence-corrected chi connectivity index (χ4v) is 3.83. The van der Waals surface area contributed by atoms with Crippen molar-refractivity contribution in [1.82, 2.24) is 9.78 Å². The SMILES string of the molecule is CC(C)CC1(C(N)Cc2ccn(C(C)C)n2)CCCC1. The summed E-state index contributed by atoms with van der Waals surface area (Å²) >= 11 is 0. The van der Waals surface area contributed by atoms with Crippen LogP contribution < -0.4 is 5.73 Å². The Labute approximate surface area is 123 Å². The molecule has 2 rings (SSSR count). The first-order chi connectivity index (χ1) is 9.43. The predicted octanol–water partition coefficient (Wildman–Crippen LogP) is 3.94. The van der Waals surface area contributed by atoms with Gasteiger partial charge in [0, 0.05) is 24.7 Å². The Bertz CT molecular complexity index is 414. The lowest BCUT2D eigenvalue weighted by atomic mass is 9.71. The monoisotopic (exact) mass is 277 g/mol. The molecule has 114 valence electrons. The second kappa shape index (κ2) is 6.30. The van der Waals surface area contributed by atoms with Crippen molar-refractivity contribution in [2.24, 2.45) is 17.1 Å². The molecule has 1 atom stereocenters. The molecule has 20 heavy (non-hydrogen) atoms. The summed E-state index contributed by atoms with van der Waals surface area (Å²) in [5, 5.41) is 4.67. The molecule has 2 N–H and O–H groups in total. The lowest BCUT2D eigenvalue weighted by Gasteiger charge is -2.36. The van der Waals surface area contributed by atoms with Crippen LogP contribution in [0.1, 0.15) is 71.5 Å². The van der Waals surface area contributed by atoms with E-state index in [9.17, 15) is 0 Å². The van der Waals surface area contributed by atoms with Gasteiger partial charge in [-0.05, 0) is 50.5 Å². The number of nitrogens with zero attached hydrogens (tertiary/aromatic N) is 2. The molecule has 1 unspecified atom stereocenters. The van der Waals surface area contributed by atoms with Crippen molar-refractivity contribution in [3.05, 3.63) is 18.0 Å². The van der Waals surface area contributed by atoms with E-state index in [4.69, 9.17) is 5.73 Å². The molecule has 0 saturated heterocycles. The molecule has 1 aliphatic carbocycles. The van der Waals surface area contributed by atoms with Gasteiger partial charge in [-0.1, -0.05) is 26.7 Å². The molecular weight excluding hydrogens is 246 g/mol. The lowest BCUT2D eigenvalue weighted by molar-refractivity contribution is 0.180. The minimum absolute atomic E-state index is 0.253. The molecule has 1 aliphatic rings. The minimum atomic E-state index is 0.253.